The molecule has 1 aromatic heterocycles. The standard InChI is InChI=1S/C19H22N2O5/c1-12(2)17(18(23)21-7-9-25-10-8-21)26-19(24)14-11-16(22)20-15-6-4-3-5-13(14)15/h3-6,11-12,17H,7-10H2,1-2H3,(H,20,22). The van der Waals surface area contributed by atoms with E-state index >= 15 is 0 Å². The molecule has 1 N–H and O–H groups in total. The minimum absolute atomic E-state index is 0.157. The second kappa shape index (κ2) is 7.70. The predicted molar refractivity (Wildman–Crippen MR) is 96.0 cm³/mol. The van der Waals surface area contributed by atoms with Crippen molar-refractivity contribution >= 4 is 22.8 Å². The normalized spacial score (nSPS) is 15.9. The zero-order valence-corrected chi connectivity index (χ0v) is 14.9. The molecule has 0 aliphatic carbocycles. The van der Waals surface area contributed by atoms with Crippen molar-refractivity contribution in [2.45, 2.75) is 20.0 Å². The van der Waals surface area contributed by atoms with Crippen molar-refractivity contribution in [3.8, 4) is 0 Å². The van der Waals surface area contributed by atoms with E-state index < -0.39 is 17.6 Å². The Labute approximate surface area is 150 Å². The summed E-state index contributed by atoms with van der Waals surface area (Å²) in [5.74, 6) is -1.10. The molecule has 7 heteroatoms. The number of nitrogens with zero attached hydrogens (tertiary/aromatic N) is 1. The molecule has 1 atom stereocenters. The maximum absolute atomic E-state index is 12.8. The van der Waals surface area contributed by atoms with Crippen LogP contribution in [0.2, 0.25) is 0 Å². The third-order valence-corrected chi connectivity index (χ3v) is 4.38. The van der Waals surface area contributed by atoms with Crippen molar-refractivity contribution in [1.29, 1.82) is 0 Å². The number of carbonyl (C=O) groups excluding carboxylic acids is 2. The summed E-state index contributed by atoms with van der Waals surface area (Å²) in [6.07, 6.45) is -0.904. The molecular formula is C19H22N2O5. The van der Waals surface area contributed by atoms with Gasteiger partial charge >= 0.3 is 5.97 Å². The lowest BCUT2D eigenvalue weighted by atomic mass is 10.0. The van der Waals surface area contributed by atoms with Crippen molar-refractivity contribution in [3.05, 3.63) is 46.2 Å². The Balaban J connectivity index is 1.87. The largest absolute Gasteiger partial charge is 0.448 e. The highest BCUT2D eigenvalue weighted by Crippen LogP contribution is 2.19. The molecule has 1 aliphatic rings. The zero-order chi connectivity index (χ0) is 18.7. The molecule has 1 fully saturated rings. The summed E-state index contributed by atoms with van der Waals surface area (Å²) < 4.78 is 10.8. The Morgan fingerprint density at radius 3 is 2.58 bits per heavy atom. The SMILES string of the molecule is CC(C)C(OC(=O)c1cc(=O)[nH]c2ccccc12)C(=O)N1CCOCC1. The highest BCUT2D eigenvalue weighted by atomic mass is 16.5. The number of aromatic nitrogens is 1. The van der Waals surface area contributed by atoms with Crippen LogP contribution in [0.4, 0.5) is 0 Å². The van der Waals surface area contributed by atoms with Crippen molar-refractivity contribution in [3.63, 3.8) is 0 Å². The van der Waals surface area contributed by atoms with Crippen molar-refractivity contribution in [2.24, 2.45) is 5.92 Å². The number of ether oxygens (including phenoxy) is 2. The molecule has 0 saturated carbocycles. The van der Waals surface area contributed by atoms with Crippen LogP contribution in [0.3, 0.4) is 0 Å². The fourth-order valence-corrected chi connectivity index (χ4v) is 2.99. The molecule has 1 amide bonds. The smallest absolute Gasteiger partial charge is 0.339 e. The van der Waals surface area contributed by atoms with Gasteiger partial charge in [-0.15, -0.1) is 0 Å². The molecule has 0 bridgehead atoms. The number of hydrogen-bond donors (Lipinski definition) is 1. The van der Waals surface area contributed by atoms with Crippen LogP contribution in [-0.2, 0) is 14.3 Å². The molecule has 138 valence electrons. The molecule has 26 heavy (non-hydrogen) atoms. The molecule has 1 unspecified atom stereocenters. The molecular weight excluding hydrogens is 336 g/mol. The number of rotatable bonds is 4. The van der Waals surface area contributed by atoms with Gasteiger partial charge in [-0.05, 0) is 12.0 Å². The summed E-state index contributed by atoms with van der Waals surface area (Å²) in [7, 11) is 0. The lowest BCUT2D eigenvalue weighted by Crippen LogP contribution is -2.48. The highest BCUT2D eigenvalue weighted by molar-refractivity contribution is 6.04. The third kappa shape index (κ3) is 3.77. The molecule has 2 aromatic rings. The monoisotopic (exact) mass is 358 g/mol. The van der Waals surface area contributed by atoms with Crippen molar-refractivity contribution < 1.29 is 19.1 Å². The van der Waals surface area contributed by atoms with Gasteiger partial charge in [0.2, 0.25) is 5.56 Å². The molecule has 1 aliphatic heterocycles. The second-order valence-corrected chi connectivity index (χ2v) is 6.60. The van der Waals surface area contributed by atoms with Gasteiger partial charge in [0.15, 0.2) is 6.10 Å². The highest BCUT2D eigenvalue weighted by Gasteiger charge is 2.32. The Morgan fingerprint density at radius 1 is 1.19 bits per heavy atom. The van der Waals surface area contributed by atoms with Gasteiger partial charge in [-0.3, -0.25) is 9.59 Å². The Kier molecular flexibility index (Phi) is 5.37. The average molecular weight is 358 g/mol. The van der Waals surface area contributed by atoms with Gasteiger partial charge in [0.1, 0.15) is 0 Å². The number of amides is 1. The van der Waals surface area contributed by atoms with Crippen LogP contribution in [0.25, 0.3) is 10.9 Å². The summed E-state index contributed by atoms with van der Waals surface area (Å²) in [5.41, 5.74) is 0.314. The lowest BCUT2D eigenvalue weighted by molar-refractivity contribution is -0.147. The molecule has 2 heterocycles. The van der Waals surface area contributed by atoms with Crippen LogP contribution in [0, 0.1) is 5.92 Å². The fourth-order valence-electron chi connectivity index (χ4n) is 2.99. The minimum atomic E-state index is -0.904. The number of esters is 1. The number of morpholine rings is 1. The number of carbonyl (C=O) groups is 2. The topological polar surface area (TPSA) is 88.7 Å². The number of para-hydroxylation sites is 1. The predicted octanol–water partition coefficient (Wildman–Crippen LogP) is 1.57. The van der Waals surface area contributed by atoms with Gasteiger partial charge in [-0.25, -0.2) is 4.79 Å². The first-order chi connectivity index (χ1) is 12.5. The summed E-state index contributed by atoms with van der Waals surface area (Å²) in [5, 5.41) is 0.582. The number of nitrogens with one attached hydrogen (secondary N) is 1. The van der Waals surface area contributed by atoms with Crippen molar-refractivity contribution in [2.75, 3.05) is 26.3 Å². The van der Waals surface area contributed by atoms with E-state index in [2.05, 4.69) is 4.98 Å². The summed E-state index contributed by atoms with van der Waals surface area (Å²) in [6, 6.07) is 8.20. The van der Waals surface area contributed by atoms with Gasteiger partial charge in [-0.2, -0.15) is 0 Å². The number of aromatic amines is 1. The van der Waals surface area contributed by atoms with E-state index in [0.29, 0.717) is 37.2 Å². The van der Waals surface area contributed by atoms with Crippen LogP contribution >= 0.6 is 0 Å². The maximum atomic E-state index is 12.8. The average Bonchev–Trinajstić information content (AvgIpc) is 2.65. The summed E-state index contributed by atoms with van der Waals surface area (Å²) in [4.78, 5) is 41.7. The fraction of sp³-hybridized carbons (Fsp3) is 0.421. The second-order valence-electron chi connectivity index (χ2n) is 6.60. The number of pyridine rings is 1. The third-order valence-electron chi connectivity index (χ3n) is 4.38. The number of H-pyrrole nitrogens is 1. The molecule has 1 saturated heterocycles. The molecule has 3 rings (SSSR count). The summed E-state index contributed by atoms with van der Waals surface area (Å²) in [6.45, 7) is 5.56. The quantitative estimate of drug-likeness (QED) is 0.838. The van der Waals surface area contributed by atoms with Crippen LogP contribution in [0.5, 0.6) is 0 Å². The number of benzene rings is 1. The van der Waals surface area contributed by atoms with E-state index in [1.54, 1.807) is 29.2 Å². The van der Waals surface area contributed by atoms with Gasteiger partial charge in [-0.1, -0.05) is 32.0 Å². The lowest BCUT2D eigenvalue weighted by Gasteiger charge is -2.31. The van der Waals surface area contributed by atoms with Gasteiger partial charge in [0.05, 0.1) is 18.8 Å². The van der Waals surface area contributed by atoms with E-state index in [0.717, 1.165) is 0 Å². The van der Waals surface area contributed by atoms with E-state index in [1.165, 1.54) is 6.07 Å². The van der Waals surface area contributed by atoms with Crippen LogP contribution in [0.15, 0.2) is 35.1 Å². The van der Waals surface area contributed by atoms with E-state index in [-0.39, 0.29) is 17.4 Å². The van der Waals surface area contributed by atoms with Gasteiger partial charge < -0.3 is 19.4 Å². The van der Waals surface area contributed by atoms with Crippen molar-refractivity contribution in [1.82, 2.24) is 9.88 Å². The Morgan fingerprint density at radius 2 is 1.88 bits per heavy atom. The van der Waals surface area contributed by atoms with Crippen LogP contribution in [0.1, 0.15) is 24.2 Å². The van der Waals surface area contributed by atoms with E-state index in [9.17, 15) is 14.4 Å². The van der Waals surface area contributed by atoms with Crippen LogP contribution < -0.4 is 5.56 Å². The minimum Gasteiger partial charge on any atom is -0.448 e. The Bertz CT molecular complexity index is 868. The Hall–Kier alpha value is -2.67. The zero-order valence-electron chi connectivity index (χ0n) is 14.9. The number of hydrogen-bond acceptors (Lipinski definition) is 5. The van der Waals surface area contributed by atoms with Gasteiger partial charge in [0, 0.05) is 30.1 Å². The molecule has 0 radical (unpaired) electrons. The first-order valence-corrected chi connectivity index (χ1v) is 8.67. The number of fused-ring (bicyclic) bond motifs is 1. The summed E-state index contributed by atoms with van der Waals surface area (Å²) >= 11 is 0. The molecule has 1 aromatic carbocycles. The van der Waals surface area contributed by atoms with Gasteiger partial charge in [0.25, 0.3) is 5.91 Å². The first kappa shape index (κ1) is 18.1. The first-order valence-electron chi connectivity index (χ1n) is 8.67. The maximum Gasteiger partial charge on any atom is 0.339 e. The molecule has 0 spiro atoms. The van der Waals surface area contributed by atoms with E-state index in [1.807, 2.05) is 13.8 Å². The van der Waals surface area contributed by atoms with E-state index in [4.69, 9.17) is 9.47 Å². The van der Waals surface area contributed by atoms with Crippen LogP contribution in [-0.4, -0.2) is 54.2 Å². The molecule has 7 nitrogen and oxygen atoms in total.